The van der Waals surface area contributed by atoms with Crippen molar-refractivity contribution < 1.29 is 8.42 Å². The normalized spacial score (nSPS) is 31.6. The van der Waals surface area contributed by atoms with Gasteiger partial charge in [0.1, 0.15) is 0 Å². The van der Waals surface area contributed by atoms with Crippen molar-refractivity contribution in [3.8, 4) is 0 Å². The van der Waals surface area contributed by atoms with Crippen molar-refractivity contribution >= 4 is 10.2 Å². The molecule has 0 amide bonds. The Kier molecular flexibility index (Phi) is 6.47. The lowest BCUT2D eigenvalue weighted by Crippen LogP contribution is -2.49. The van der Waals surface area contributed by atoms with Gasteiger partial charge in [0.2, 0.25) is 0 Å². The molecule has 5 nitrogen and oxygen atoms in total. The molecule has 0 bridgehead atoms. The van der Waals surface area contributed by atoms with E-state index >= 15 is 0 Å². The predicted octanol–water partition coefficient (Wildman–Crippen LogP) is 1.72. The van der Waals surface area contributed by atoms with Gasteiger partial charge in [-0.1, -0.05) is 13.8 Å². The third-order valence-electron chi connectivity index (χ3n) is 4.69. The summed E-state index contributed by atoms with van der Waals surface area (Å²) in [4.78, 5) is 0. The summed E-state index contributed by atoms with van der Waals surface area (Å²) < 4.78 is 29.6. The van der Waals surface area contributed by atoms with E-state index in [1.165, 1.54) is 0 Å². The van der Waals surface area contributed by atoms with Crippen molar-refractivity contribution in [2.45, 2.75) is 58.4 Å². The molecule has 1 saturated heterocycles. The predicted molar refractivity (Wildman–Crippen MR) is 86.3 cm³/mol. The monoisotopic (exact) mass is 317 g/mol. The van der Waals surface area contributed by atoms with Gasteiger partial charge in [0, 0.05) is 19.1 Å². The summed E-state index contributed by atoms with van der Waals surface area (Å²) in [7, 11) is -3.30. The van der Waals surface area contributed by atoms with Crippen molar-refractivity contribution in [1.29, 1.82) is 0 Å². The summed E-state index contributed by atoms with van der Waals surface area (Å²) in [5, 5.41) is 3.41. The number of rotatable bonds is 7. The Morgan fingerprint density at radius 2 is 2.05 bits per heavy atom. The lowest BCUT2D eigenvalue weighted by molar-refractivity contribution is 0.256. The fourth-order valence-electron chi connectivity index (χ4n) is 3.49. The number of nitrogens with zero attached hydrogens (tertiary/aromatic N) is 1. The summed E-state index contributed by atoms with van der Waals surface area (Å²) in [5.41, 5.74) is 0. The van der Waals surface area contributed by atoms with Crippen molar-refractivity contribution in [2.24, 2.45) is 11.8 Å². The fraction of sp³-hybridized carbons (Fsp3) is 1.00. The van der Waals surface area contributed by atoms with Crippen LogP contribution in [0.4, 0.5) is 0 Å². The SMILES string of the molecule is CCCNCC1CCCN(S(=O)(=O)NC2CCC(C)C2)C1. The zero-order chi connectivity index (χ0) is 15.3. The van der Waals surface area contributed by atoms with Crippen LogP contribution in [0, 0.1) is 11.8 Å². The van der Waals surface area contributed by atoms with Crippen LogP contribution in [-0.4, -0.2) is 44.9 Å². The van der Waals surface area contributed by atoms with Crippen molar-refractivity contribution in [2.75, 3.05) is 26.2 Å². The molecule has 1 heterocycles. The first-order valence-corrected chi connectivity index (χ1v) is 9.93. The Morgan fingerprint density at radius 1 is 1.24 bits per heavy atom. The summed E-state index contributed by atoms with van der Waals surface area (Å²) in [6.45, 7) is 7.62. The average Bonchev–Trinajstić information content (AvgIpc) is 2.84. The number of hydrogen-bond donors (Lipinski definition) is 2. The van der Waals surface area contributed by atoms with Crippen LogP contribution in [-0.2, 0) is 10.2 Å². The van der Waals surface area contributed by atoms with Gasteiger partial charge in [0.25, 0.3) is 10.2 Å². The van der Waals surface area contributed by atoms with Gasteiger partial charge >= 0.3 is 0 Å². The summed E-state index contributed by atoms with van der Waals surface area (Å²) >= 11 is 0. The van der Waals surface area contributed by atoms with Gasteiger partial charge < -0.3 is 5.32 Å². The Balaban J connectivity index is 1.84. The second-order valence-electron chi connectivity index (χ2n) is 6.81. The van der Waals surface area contributed by atoms with E-state index in [0.717, 1.165) is 51.6 Å². The third kappa shape index (κ3) is 5.20. The van der Waals surface area contributed by atoms with E-state index in [1.54, 1.807) is 4.31 Å². The van der Waals surface area contributed by atoms with E-state index in [0.29, 0.717) is 24.9 Å². The first-order chi connectivity index (χ1) is 10.0. The first-order valence-electron chi connectivity index (χ1n) is 8.49. The number of hydrogen-bond acceptors (Lipinski definition) is 3. The molecule has 124 valence electrons. The van der Waals surface area contributed by atoms with Crippen LogP contribution in [0.25, 0.3) is 0 Å². The van der Waals surface area contributed by atoms with E-state index < -0.39 is 10.2 Å². The van der Waals surface area contributed by atoms with Crippen LogP contribution < -0.4 is 10.0 Å². The molecule has 2 N–H and O–H groups in total. The highest BCUT2D eigenvalue weighted by molar-refractivity contribution is 7.87. The molecule has 2 rings (SSSR count). The average molecular weight is 317 g/mol. The molecule has 1 saturated carbocycles. The Labute approximate surface area is 130 Å². The zero-order valence-corrected chi connectivity index (χ0v) is 14.3. The van der Waals surface area contributed by atoms with E-state index in [1.807, 2.05) is 0 Å². The van der Waals surface area contributed by atoms with E-state index in [2.05, 4.69) is 23.9 Å². The third-order valence-corrected chi connectivity index (χ3v) is 6.33. The Bertz CT molecular complexity index is 413. The topological polar surface area (TPSA) is 61.4 Å². The molecule has 0 spiro atoms. The molecule has 2 aliphatic rings. The minimum atomic E-state index is -3.30. The molecule has 0 aromatic heterocycles. The maximum absolute atomic E-state index is 12.5. The molecule has 0 aromatic carbocycles. The standard InChI is InChI=1S/C15H31N3O2S/c1-3-8-16-11-14-5-4-9-18(12-14)21(19,20)17-15-7-6-13(2)10-15/h13-17H,3-12H2,1-2H3. The smallest absolute Gasteiger partial charge is 0.279 e. The molecule has 0 radical (unpaired) electrons. The van der Waals surface area contributed by atoms with Crippen LogP contribution in [0.2, 0.25) is 0 Å². The lowest BCUT2D eigenvalue weighted by Gasteiger charge is -2.32. The van der Waals surface area contributed by atoms with Gasteiger partial charge in [-0.05, 0) is 63.5 Å². The summed E-state index contributed by atoms with van der Waals surface area (Å²) in [6.07, 6.45) is 6.32. The molecule has 1 aliphatic carbocycles. The fourth-order valence-corrected chi connectivity index (χ4v) is 5.05. The zero-order valence-electron chi connectivity index (χ0n) is 13.5. The summed E-state index contributed by atoms with van der Waals surface area (Å²) in [6, 6.07) is 0.142. The van der Waals surface area contributed by atoms with Crippen LogP contribution in [0.15, 0.2) is 0 Å². The van der Waals surface area contributed by atoms with Gasteiger partial charge in [-0.2, -0.15) is 17.4 Å². The first kappa shape index (κ1) is 17.2. The molecule has 3 unspecified atom stereocenters. The lowest BCUT2D eigenvalue weighted by atomic mass is 10.00. The second-order valence-corrected chi connectivity index (χ2v) is 8.51. The van der Waals surface area contributed by atoms with E-state index in [9.17, 15) is 8.42 Å². The van der Waals surface area contributed by atoms with Gasteiger partial charge in [0.05, 0.1) is 0 Å². The van der Waals surface area contributed by atoms with Gasteiger partial charge in [-0.15, -0.1) is 0 Å². The Morgan fingerprint density at radius 3 is 2.71 bits per heavy atom. The summed E-state index contributed by atoms with van der Waals surface area (Å²) in [5.74, 6) is 1.09. The molecule has 1 aliphatic heterocycles. The minimum Gasteiger partial charge on any atom is -0.316 e. The maximum Gasteiger partial charge on any atom is 0.279 e. The van der Waals surface area contributed by atoms with E-state index in [4.69, 9.17) is 0 Å². The van der Waals surface area contributed by atoms with Crippen LogP contribution in [0.5, 0.6) is 0 Å². The quantitative estimate of drug-likeness (QED) is 0.703. The molecule has 0 aromatic rings. The van der Waals surface area contributed by atoms with Crippen LogP contribution >= 0.6 is 0 Å². The largest absolute Gasteiger partial charge is 0.316 e. The van der Waals surface area contributed by atoms with E-state index in [-0.39, 0.29) is 6.04 Å². The Hall–Kier alpha value is -0.170. The molecule has 2 fully saturated rings. The highest BCUT2D eigenvalue weighted by atomic mass is 32.2. The number of nitrogens with one attached hydrogen (secondary N) is 2. The highest BCUT2D eigenvalue weighted by Crippen LogP contribution is 2.26. The van der Waals surface area contributed by atoms with Gasteiger partial charge in [-0.3, -0.25) is 0 Å². The van der Waals surface area contributed by atoms with Crippen molar-refractivity contribution in [1.82, 2.24) is 14.3 Å². The van der Waals surface area contributed by atoms with Gasteiger partial charge in [0.15, 0.2) is 0 Å². The molecule has 3 atom stereocenters. The molecule has 21 heavy (non-hydrogen) atoms. The number of piperidine rings is 1. The highest BCUT2D eigenvalue weighted by Gasteiger charge is 2.32. The minimum absolute atomic E-state index is 0.142. The molecule has 6 heteroatoms. The maximum atomic E-state index is 12.5. The van der Waals surface area contributed by atoms with Crippen molar-refractivity contribution in [3.05, 3.63) is 0 Å². The van der Waals surface area contributed by atoms with Crippen LogP contribution in [0.3, 0.4) is 0 Å². The molecular formula is C15H31N3O2S. The van der Waals surface area contributed by atoms with Gasteiger partial charge in [-0.25, -0.2) is 0 Å². The van der Waals surface area contributed by atoms with Crippen molar-refractivity contribution in [3.63, 3.8) is 0 Å². The molecular weight excluding hydrogens is 286 g/mol. The second kappa shape index (κ2) is 7.90. The van der Waals surface area contributed by atoms with Crippen LogP contribution in [0.1, 0.15) is 52.4 Å².